The Morgan fingerprint density at radius 3 is 2.80 bits per heavy atom. The molecule has 1 aromatic rings. The van der Waals surface area contributed by atoms with E-state index in [9.17, 15) is 14.9 Å². The van der Waals surface area contributed by atoms with Crippen LogP contribution in [0.3, 0.4) is 0 Å². The van der Waals surface area contributed by atoms with Gasteiger partial charge in [0.25, 0.3) is 0 Å². The number of carboxylic acids is 1. The normalized spacial score (nSPS) is 11.4. The van der Waals surface area contributed by atoms with Crippen molar-refractivity contribution in [2.75, 3.05) is 0 Å². The fraction of sp³-hybridized carbons (Fsp3) is 0.385. The number of hydrogen-bond donors (Lipinski definition) is 1. The van der Waals surface area contributed by atoms with Gasteiger partial charge in [-0.15, -0.1) is 0 Å². The molecular weight excluding hydrogens is 264 g/mol. The highest BCUT2D eigenvalue weighted by atomic mass is 16.6. The molecule has 0 fully saturated rings. The number of nitro groups is 1. The standard InChI is InChI=1S/C13H14N2O5/c1-2-3-4-12(13(16)17)20-11-6-5-9(8-14)7-10(11)15(18)19/h5-7,12H,2-4H2,1H3,(H,16,17). The van der Waals surface area contributed by atoms with Crippen molar-refractivity contribution in [1.29, 1.82) is 5.26 Å². The Morgan fingerprint density at radius 1 is 1.60 bits per heavy atom. The van der Waals surface area contributed by atoms with Gasteiger partial charge in [-0.3, -0.25) is 10.1 Å². The van der Waals surface area contributed by atoms with Crippen LogP contribution in [0, 0.1) is 21.4 Å². The number of nitro benzene ring substituents is 1. The molecule has 0 aliphatic rings. The van der Waals surface area contributed by atoms with E-state index in [2.05, 4.69) is 0 Å². The maximum absolute atomic E-state index is 11.1. The summed E-state index contributed by atoms with van der Waals surface area (Å²) in [5.74, 6) is -1.31. The fourth-order valence-electron chi connectivity index (χ4n) is 1.60. The zero-order valence-corrected chi connectivity index (χ0v) is 10.9. The van der Waals surface area contributed by atoms with Crippen molar-refractivity contribution >= 4 is 11.7 Å². The summed E-state index contributed by atoms with van der Waals surface area (Å²) in [7, 11) is 0. The molecule has 1 unspecified atom stereocenters. The average molecular weight is 278 g/mol. The van der Waals surface area contributed by atoms with E-state index in [1.165, 1.54) is 12.1 Å². The number of carboxylic acid groups (broad SMARTS) is 1. The van der Waals surface area contributed by atoms with Crippen LogP contribution in [-0.4, -0.2) is 22.1 Å². The predicted octanol–water partition coefficient (Wildman–Crippen LogP) is 2.49. The molecule has 1 atom stereocenters. The lowest BCUT2D eigenvalue weighted by molar-refractivity contribution is -0.386. The van der Waals surface area contributed by atoms with Crippen LogP contribution in [0.25, 0.3) is 0 Å². The third-order valence-corrected chi connectivity index (χ3v) is 2.65. The van der Waals surface area contributed by atoms with Gasteiger partial charge in [-0.1, -0.05) is 13.3 Å². The lowest BCUT2D eigenvalue weighted by Gasteiger charge is -2.14. The highest BCUT2D eigenvalue weighted by Crippen LogP contribution is 2.29. The van der Waals surface area contributed by atoms with Gasteiger partial charge in [0.1, 0.15) is 0 Å². The smallest absolute Gasteiger partial charge is 0.344 e. The van der Waals surface area contributed by atoms with Crippen LogP contribution >= 0.6 is 0 Å². The number of unbranched alkanes of at least 4 members (excludes halogenated alkanes) is 1. The Bertz CT molecular complexity index is 550. The molecule has 0 radical (unpaired) electrons. The van der Waals surface area contributed by atoms with Gasteiger partial charge >= 0.3 is 11.7 Å². The third-order valence-electron chi connectivity index (χ3n) is 2.65. The predicted molar refractivity (Wildman–Crippen MR) is 69.4 cm³/mol. The van der Waals surface area contributed by atoms with E-state index in [1.54, 1.807) is 6.07 Å². The number of aliphatic carboxylic acids is 1. The molecule has 106 valence electrons. The fourth-order valence-corrected chi connectivity index (χ4v) is 1.60. The Labute approximate surface area is 115 Å². The minimum absolute atomic E-state index is 0.115. The second-order valence-corrected chi connectivity index (χ2v) is 4.14. The maximum atomic E-state index is 11.1. The van der Waals surface area contributed by atoms with Gasteiger partial charge in [0.05, 0.1) is 16.6 Å². The molecule has 0 aliphatic carbocycles. The summed E-state index contributed by atoms with van der Waals surface area (Å²) in [6, 6.07) is 5.44. The van der Waals surface area contributed by atoms with E-state index in [1.807, 2.05) is 6.92 Å². The third kappa shape index (κ3) is 3.95. The topological polar surface area (TPSA) is 113 Å². The molecule has 0 spiro atoms. The summed E-state index contributed by atoms with van der Waals surface area (Å²) in [5.41, 5.74) is -0.295. The van der Waals surface area contributed by atoms with Crippen LogP contribution < -0.4 is 4.74 Å². The molecule has 0 heterocycles. The first kappa shape index (κ1) is 15.4. The molecular formula is C13H14N2O5. The Morgan fingerprint density at radius 2 is 2.30 bits per heavy atom. The van der Waals surface area contributed by atoms with Crippen LogP contribution in [0.2, 0.25) is 0 Å². The van der Waals surface area contributed by atoms with E-state index < -0.39 is 22.7 Å². The molecule has 0 saturated carbocycles. The summed E-state index contributed by atoms with van der Waals surface area (Å²) in [4.78, 5) is 21.3. The Balaban J connectivity index is 3.03. The van der Waals surface area contributed by atoms with Gasteiger partial charge in [-0.05, 0) is 25.0 Å². The second kappa shape index (κ2) is 7.09. The summed E-state index contributed by atoms with van der Waals surface area (Å²) in [6.07, 6.45) is 0.564. The van der Waals surface area contributed by atoms with E-state index in [4.69, 9.17) is 15.1 Å². The lowest BCUT2D eigenvalue weighted by Crippen LogP contribution is -2.27. The Hall–Kier alpha value is -2.62. The lowest BCUT2D eigenvalue weighted by atomic mass is 10.1. The number of hydrogen-bond acceptors (Lipinski definition) is 5. The summed E-state index contributed by atoms with van der Waals surface area (Å²) >= 11 is 0. The zero-order chi connectivity index (χ0) is 15.1. The molecule has 20 heavy (non-hydrogen) atoms. The molecule has 7 nitrogen and oxygen atoms in total. The van der Waals surface area contributed by atoms with Crippen LogP contribution in [-0.2, 0) is 4.79 Å². The first-order valence-electron chi connectivity index (χ1n) is 6.07. The minimum Gasteiger partial charge on any atom is -0.479 e. The minimum atomic E-state index is -1.17. The van der Waals surface area contributed by atoms with Gasteiger partial charge in [0.15, 0.2) is 11.9 Å². The first-order chi connectivity index (χ1) is 9.49. The van der Waals surface area contributed by atoms with Gasteiger partial charge in [-0.2, -0.15) is 5.26 Å². The molecule has 0 saturated heterocycles. The highest BCUT2D eigenvalue weighted by molar-refractivity contribution is 5.73. The van der Waals surface area contributed by atoms with Crippen LogP contribution in [0.4, 0.5) is 5.69 Å². The van der Waals surface area contributed by atoms with Crippen molar-refractivity contribution in [3.63, 3.8) is 0 Å². The second-order valence-electron chi connectivity index (χ2n) is 4.14. The molecule has 0 aliphatic heterocycles. The summed E-state index contributed by atoms with van der Waals surface area (Å²) in [5, 5.41) is 28.7. The van der Waals surface area contributed by atoms with Gasteiger partial charge < -0.3 is 9.84 Å². The van der Waals surface area contributed by atoms with E-state index >= 15 is 0 Å². The van der Waals surface area contributed by atoms with Gasteiger partial charge in [0.2, 0.25) is 0 Å². The van der Waals surface area contributed by atoms with E-state index in [0.29, 0.717) is 6.42 Å². The van der Waals surface area contributed by atoms with Crippen molar-refractivity contribution in [1.82, 2.24) is 0 Å². The highest BCUT2D eigenvalue weighted by Gasteiger charge is 2.24. The van der Waals surface area contributed by atoms with Crippen LogP contribution in [0.15, 0.2) is 18.2 Å². The molecule has 1 aromatic carbocycles. The molecule has 0 amide bonds. The van der Waals surface area contributed by atoms with E-state index in [0.717, 1.165) is 12.5 Å². The number of benzene rings is 1. The zero-order valence-electron chi connectivity index (χ0n) is 10.9. The number of ether oxygens (including phenoxy) is 1. The van der Waals surface area contributed by atoms with Crippen molar-refractivity contribution in [2.24, 2.45) is 0 Å². The number of carbonyl (C=O) groups is 1. The van der Waals surface area contributed by atoms with Crippen molar-refractivity contribution < 1.29 is 19.6 Å². The number of rotatable bonds is 7. The molecule has 0 aromatic heterocycles. The SMILES string of the molecule is CCCCC(Oc1ccc(C#N)cc1[N+](=O)[O-])C(=O)O. The monoisotopic (exact) mass is 278 g/mol. The largest absolute Gasteiger partial charge is 0.479 e. The summed E-state index contributed by atoms with van der Waals surface area (Å²) in [6.45, 7) is 1.91. The number of nitriles is 1. The van der Waals surface area contributed by atoms with Gasteiger partial charge in [-0.25, -0.2) is 4.79 Å². The molecule has 0 bridgehead atoms. The quantitative estimate of drug-likeness (QED) is 0.605. The van der Waals surface area contributed by atoms with Crippen LogP contribution in [0.1, 0.15) is 31.7 Å². The first-order valence-corrected chi connectivity index (χ1v) is 6.07. The van der Waals surface area contributed by atoms with Crippen molar-refractivity contribution in [3.8, 4) is 11.8 Å². The van der Waals surface area contributed by atoms with Crippen molar-refractivity contribution in [3.05, 3.63) is 33.9 Å². The van der Waals surface area contributed by atoms with E-state index in [-0.39, 0.29) is 17.7 Å². The van der Waals surface area contributed by atoms with Gasteiger partial charge in [0, 0.05) is 6.07 Å². The maximum Gasteiger partial charge on any atom is 0.344 e. The molecule has 1 rings (SSSR count). The molecule has 1 N–H and O–H groups in total. The van der Waals surface area contributed by atoms with Crippen LogP contribution in [0.5, 0.6) is 5.75 Å². The molecule has 7 heteroatoms. The average Bonchev–Trinajstić information content (AvgIpc) is 2.42. The van der Waals surface area contributed by atoms with Crippen molar-refractivity contribution in [2.45, 2.75) is 32.3 Å². The Kier molecular flexibility index (Phi) is 5.47. The summed E-state index contributed by atoms with van der Waals surface area (Å²) < 4.78 is 5.22. The number of nitrogens with zero attached hydrogens (tertiary/aromatic N) is 2.